The molecule has 6 heteroatoms. The van der Waals surface area contributed by atoms with E-state index < -0.39 is 17.5 Å². The van der Waals surface area contributed by atoms with Gasteiger partial charge in [-0.25, -0.2) is 8.78 Å². The van der Waals surface area contributed by atoms with E-state index in [1.54, 1.807) is 24.3 Å². The summed E-state index contributed by atoms with van der Waals surface area (Å²) in [5.41, 5.74) is 5.79. The highest BCUT2D eigenvalue weighted by atomic mass is 19.1. The Balaban J connectivity index is 1.96. The third-order valence-electron chi connectivity index (χ3n) is 2.48. The van der Waals surface area contributed by atoms with Crippen LogP contribution in [-0.2, 0) is 4.79 Å². The van der Waals surface area contributed by atoms with E-state index in [0.717, 1.165) is 18.2 Å². The lowest BCUT2D eigenvalue weighted by atomic mass is 10.3. The van der Waals surface area contributed by atoms with Crippen molar-refractivity contribution in [1.29, 1.82) is 0 Å². The molecule has 2 aromatic rings. The summed E-state index contributed by atoms with van der Waals surface area (Å²) < 4.78 is 31.4. The number of amides is 1. The minimum Gasteiger partial charge on any atom is -0.482 e. The Labute approximate surface area is 114 Å². The van der Waals surface area contributed by atoms with Gasteiger partial charge in [-0.3, -0.25) is 4.79 Å². The van der Waals surface area contributed by atoms with Crippen molar-refractivity contribution in [2.24, 2.45) is 0 Å². The number of nitrogens with two attached hydrogens (primary N) is 1. The SMILES string of the molecule is Nc1ccccc1OCC(=O)Nc1cc(F)ccc1F. The van der Waals surface area contributed by atoms with E-state index >= 15 is 0 Å². The molecule has 0 heterocycles. The normalized spacial score (nSPS) is 10.1. The average Bonchev–Trinajstić information content (AvgIpc) is 2.42. The van der Waals surface area contributed by atoms with Crippen LogP contribution in [0.5, 0.6) is 5.75 Å². The van der Waals surface area contributed by atoms with E-state index in [4.69, 9.17) is 10.5 Å². The van der Waals surface area contributed by atoms with Crippen LogP contribution >= 0.6 is 0 Å². The maximum Gasteiger partial charge on any atom is 0.262 e. The Morgan fingerprint density at radius 1 is 1.20 bits per heavy atom. The molecule has 2 aromatic carbocycles. The number of carbonyl (C=O) groups excluding carboxylic acids is 1. The van der Waals surface area contributed by atoms with Gasteiger partial charge in [0.25, 0.3) is 5.91 Å². The fraction of sp³-hybridized carbons (Fsp3) is 0.0714. The zero-order chi connectivity index (χ0) is 14.5. The maximum absolute atomic E-state index is 13.3. The molecule has 0 aliphatic heterocycles. The first-order valence-corrected chi connectivity index (χ1v) is 5.78. The van der Waals surface area contributed by atoms with Gasteiger partial charge in [-0.2, -0.15) is 0 Å². The third kappa shape index (κ3) is 3.44. The van der Waals surface area contributed by atoms with Gasteiger partial charge in [-0.05, 0) is 24.3 Å². The van der Waals surface area contributed by atoms with E-state index in [1.807, 2.05) is 0 Å². The summed E-state index contributed by atoms with van der Waals surface area (Å²) in [7, 11) is 0. The molecule has 3 N–H and O–H groups in total. The number of benzene rings is 2. The number of hydrogen-bond donors (Lipinski definition) is 2. The third-order valence-corrected chi connectivity index (χ3v) is 2.48. The van der Waals surface area contributed by atoms with E-state index in [9.17, 15) is 13.6 Å². The Kier molecular flexibility index (Phi) is 4.14. The van der Waals surface area contributed by atoms with Gasteiger partial charge in [0, 0.05) is 6.07 Å². The number of rotatable bonds is 4. The molecule has 0 aromatic heterocycles. The first kappa shape index (κ1) is 13.8. The van der Waals surface area contributed by atoms with Crippen LogP contribution < -0.4 is 15.8 Å². The Morgan fingerprint density at radius 2 is 1.95 bits per heavy atom. The van der Waals surface area contributed by atoms with E-state index in [0.29, 0.717) is 11.4 Å². The fourth-order valence-electron chi connectivity index (χ4n) is 1.53. The van der Waals surface area contributed by atoms with Crippen LogP contribution in [0.4, 0.5) is 20.2 Å². The number of carbonyl (C=O) groups is 1. The van der Waals surface area contributed by atoms with Crippen molar-refractivity contribution < 1.29 is 18.3 Å². The molecule has 20 heavy (non-hydrogen) atoms. The predicted molar refractivity (Wildman–Crippen MR) is 71.3 cm³/mol. The molecule has 104 valence electrons. The molecule has 4 nitrogen and oxygen atoms in total. The van der Waals surface area contributed by atoms with Crippen LogP contribution in [0.3, 0.4) is 0 Å². The lowest BCUT2D eigenvalue weighted by Gasteiger charge is -2.09. The summed E-state index contributed by atoms with van der Waals surface area (Å²) >= 11 is 0. The molecule has 0 unspecified atom stereocenters. The molecule has 0 aliphatic rings. The largest absolute Gasteiger partial charge is 0.482 e. The van der Waals surface area contributed by atoms with Crippen molar-refractivity contribution in [3.63, 3.8) is 0 Å². The second-order valence-corrected chi connectivity index (χ2v) is 4.00. The van der Waals surface area contributed by atoms with Gasteiger partial charge in [0.2, 0.25) is 0 Å². The maximum atomic E-state index is 13.3. The molecule has 0 atom stereocenters. The van der Waals surface area contributed by atoms with E-state index in [-0.39, 0.29) is 12.3 Å². The summed E-state index contributed by atoms with van der Waals surface area (Å²) in [5.74, 6) is -1.63. The van der Waals surface area contributed by atoms with E-state index in [1.165, 1.54) is 0 Å². The predicted octanol–water partition coefficient (Wildman–Crippen LogP) is 2.56. The van der Waals surface area contributed by atoms with Crippen molar-refractivity contribution in [1.82, 2.24) is 0 Å². The minimum atomic E-state index is -0.723. The topological polar surface area (TPSA) is 64.3 Å². The highest BCUT2D eigenvalue weighted by Gasteiger charge is 2.09. The smallest absolute Gasteiger partial charge is 0.262 e. The Morgan fingerprint density at radius 3 is 2.70 bits per heavy atom. The monoisotopic (exact) mass is 278 g/mol. The van der Waals surface area contributed by atoms with Crippen molar-refractivity contribution in [2.75, 3.05) is 17.7 Å². The number of anilines is 2. The second kappa shape index (κ2) is 6.01. The highest BCUT2D eigenvalue weighted by molar-refractivity contribution is 5.92. The molecule has 0 saturated heterocycles. The summed E-state index contributed by atoms with van der Waals surface area (Å²) in [6.07, 6.45) is 0. The molecule has 0 saturated carbocycles. The second-order valence-electron chi connectivity index (χ2n) is 4.00. The fourth-order valence-corrected chi connectivity index (χ4v) is 1.53. The summed E-state index contributed by atoms with van der Waals surface area (Å²) in [6, 6.07) is 9.45. The number of nitrogen functional groups attached to an aromatic ring is 1. The Hall–Kier alpha value is -2.63. The number of ether oxygens (including phenoxy) is 1. The molecular weight excluding hydrogens is 266 g/mol. The van der Waals surface area contributed by atoms with Crippen molar-refractivity contribution >= 4 is 17.3 Å². The van der Waals surface area contributed by atoms with Crippen LogP contribution in [0.15, 0.2) is 42.5 Å². The van der Waals surface area contributed by atoms with E-state index in [2.05, 4.69) is 5.32 Å². The zero-order valence-electron chi connectivity index (χ0n) is 10.4. The number of halogens is 2. The van der Waals surface area contributed by atoms with Crippen molar-refractivity contribution in [3.8, 4) is 5.75 Å². The minimum absolute atomic E-state index is 0.236. The first-order valence-electron chi connectivity index (χ1n) is 5.78. The van der Waals surface area contributed by atoms with Gasteiger partial charge in [-0.1, -0.05) is 12.1 Å². The van der Waals surface area contributed by atoms with Crippen LogP contribution in [0.1, 0.15) is 0 Å². The standard InChI is InChI=1S/C14H12F2N2O2/c15-9-5-6-10(16)12(7-9)18-14(19)8-20-13-4-2-1-3-11(13)17/h1-7H,8,17H2,(H,18,19). The lowest BCUT2D eigenvalue weighted by molar-refractivity contribution is -0.118. The van der Waals surface area contributed by atoms with Crippen molar-refractivity contribution in [3.05, 3.63) is 54.1 Å². The van der Waals surface area contributed by atoms with Gasteiger partial charge in [0.1, 0.15) is 17.4 Å². The van der Waals surface area contributed by atoms with Crippen LogP contribution in [0.25, 0.3) is 0 Å². The van der Waals surface area contributed by atoms with Crippen LogP contribution in [-0.4, -0.2) is 12.5 Å². The number of nitrogens with one attached hydrogen (secondary N) is 1. The van der Waals surface area contributed by atoms with Gasteiger partial charge >= 0.3 is 0 Å². The number of hydrogen-bond acceptors (Lipinski definition) is 3. The van der Waals surface area contributed by atoms with Crippen molar-refractivity contribution in [2.45, 2.75) is 0 Å². The van der Waals surface area contributed by atoms with Gasteiger partial charge in [0.05, 0.1) is 11.4 Å². The molecule has 0 radical (unpaired) electrons. The average molecular weight is 278 g/mol. The highest BCUT2D eigenvalue weighted by Crippen LogP contribution is 2.20. The summed E-state index contributed by atoms with van der Waals surface area (Å²) in [6.45, 7) is -0.357. The molecular formula is C14H12F2N2O2. The zero-order valence-corrected chi connectivity index (χ0v) is 10.4. The number of para-hydroxylation sites is 2. The quantitative estimate of drug-likeness (QED) is 0.845. The van der Waals surface area contributed by atoms with Crippen LogP contribution in [0, 0.1) is 11.6 Å². The van der Waals surface area contributed by atoms with Gasteiger partial charge in [-0.15, -0.1) is 0 Å². The molecule has 0 aliphatic carbocycles. The van der Waals surface area contributed by atoms with Gasteiger partial charge in [0.15, 0.2) is 6.61 Å². The first-order chi connectivity index (χ1) is 9.56. The molecule has 1 amide bonds. The summed E-state index contributed by atoms with van der Waals surface area (Å²) in [5, 5.41) is 2.22. The van der Waals surface area contributed by atoms with Gasteiger partial charge < -0.3 is 15.8 Å². The lowest BCUT2D eigenvalue weighted by Crippen LogP contribution is -2.21. The Bertz CT molecular complexity index is 632. The molecule has 0 bridgehead atoms. The molecule has 0 spiro atoms. The molecule has 2 rings (SSSR count). The summed E-state index contributed by atoms with van der Waals surface area (Å²) in [4.78, 5) is 11.6. The molecule has 0 fully saturated rings. The van der Waals surface area contributed by atoms with Crippen LogP contribution in [0.2, 0.25) is 0 Å².